The lowest BCUT2D eigenvalue weighted by molar-refractivity contribution is 0.935. The number of rotatable bonds is 1. The Bertz CT molecular complexity index is 882. The first-order chi connectivity index (χ1) is 9.18. The van der Waals surface area contributed by atoms with Crippen molar-refractivity contribution in [2.45, 2.75) is 0 Å². The van der Waals surface area contributed by atoms with Gasteiger partial charge in [0, 0.05) is 3.57 Å². The average molecular weight is 380 g/mol. The van der Waals surface area contributed by atoms with Crippen molar-refractivity contribution < 1.29 is 0 Å². The van der Waals surface area contributed by atoms with Crippen LogP contribution in [0, 0.1) is 8.34 Å². The van der Waals surface area contributed by atoms with E-state index in [1.165, 1.54) is 0 Å². The van der Waals surface area contributed by atoms with Gasteiger partial charge in [-0.1, -0.05) is 24.3 Å². The molecule has 0 atom stereocenters. The Morgan fingerprint density at radius 3 is 2.53 bits per heavy atom. The third-order valence-corrected chi connectivity index (χ3v) is 4.10. The van der Waals surface area contributed by atoms with Crippen LogP contribution in [-0.2, 0) is 0 Å². The summed E-state index contributed by atoms with van der Waals surface area (Å²) in [6, 6.07) is 15.1. The number of benzene rings is 2. The molecule has 0 amide bonds. The van der Waals surface area contributed by atoms with E-state index < -0.39 is 0 Å². The summed E-state index contributed by atoms with van der Waals surface area (Å²) in [6.45, 7) is 0. The summed E-state index contributed by atoms with van der Waals surface area (Å²) in [5.74, 6) is 0. The molecule has 0 saturated heterocycles. The Morgan fingerprint density at radius 2 is 1.74 bits per heavy atom. The van der Waals surface area contributed by atoms with Crippen LogP contribution >= 0.6 is 34.8 Å². The molecule has 0 aliphatic carbocycles. The van der Waals surface area contributed by atoms with Crippen LogP contribution in [0.1, 0.15) is 0 Å². The van der Waals surface area contributed by atoms with Gasteiger partial charge in [-0.05, 0) is 59.1 Å². The van der Waals surface area contributed by atoms with Crippen molar-refractivity contribution in [2.75, 3.05) is 0 Å². The maximum atomic E-state index is 12.6. The molecule has 3 rings (SSSR count). The van der Waals surface area contributed by atoms with Crippen molar-refractivity contribution in [3.63, 3.8) is 0 Å². The Morgan fingerprint density at radius 1 is 1.05 bits per heavy atom. The lowest BCUT2D eigenvalue weighted by atomic mass is 10.2. The van der Waals surface area contributed by atoms with Crippen LogP contribution < -0.4 is 5.56 Å². The molecular formula is C14H9IN2OS. The van der Waals surface area contributed by atoms with E-state index in [0.717, 1.165) is 14.8 Å². The summed E-state index contributed by atoms with van der Waals surface area (Å²) in [5.41, 5.74) is 1.48. The van der Waals surface area contributed by atoms with Gasteiger partial charge in [0.05, 0.1) is 16.6 Å². The van der Waals surface area contributed by atoms with E-state index >= 15 is 0 Å². The number of nitrogens with zero attached hydrogens (tertiary/aromatic N) is 1. The summed E-state index contributed by atoms with van der Waals surface area (Å²) in [7, 11) is 0. The number of H-pyrrole nitrogens is 1. The summed E-state index contributed by atoms with van der Waals surface area (Å²) >= 11 is 7.51. The highest BCUT2D eigenvalue weighted by molar-refractivity contribution is 14.1. The van der Waals surface area contributed by atoms with Crippen LogP contribution in [0.25, 0.3) is 16.6 Å². The van der Waals surface area contributed by atoms with Gasteiger partial charge in [-0.25, -0.2) is 0 Å². The van der Waals surface area contributed by atoms with Gasteiger partial charge in [-0.15, -0.1) is 0 Å². The van der Waals surface area contributed by atoms with E-state index in [9.17, 15) is 4.79 Å². The predicted molar refractivity (Wildman–Crippen MR) is 87.4 cm³/mol. The van der Waals surface area contributed by atoms with Gasteiger partial charge in [0.1, 0.15) is 0 Å². The van der Waals surface area contributed by atoms with Crippen LogP contribution in [-0.4, -0.2) is 9.55 Å². The van der Waals surface area contributed by atoms with E-state index in [-0.39, 0.29) is 5.56 Å². The minimum atomic E-state index is -0.0940. The highest BCUT2D eigenvalue weighted by atomic mass is 127. The molecule has 1 heterocycles. The van der Waals surface area contributed by atoms with Crippen LogP contribution in [0.5, 0.6) is 0 Å². The second kappa shape index (κ2) is 4.90. The quantitative estimate of drug-likeness (QED) is 0.517. The van der Waals surface area contributed by atoms with Crippen molar-refractivity contribution in [1.29, 1.82) is 0 Å². The number of fused-ring (bicyclic) bond motifs is 1. The molecule has 1 N–H and O–H groups in total. The molecule has 3 nitrogen and oxygen atoms in total. The first-order valence-electron chi connectivity index (χ1n) is 5.67. The monoisotopic (exact) mass is 380 g/mol. The van der Waals surface area contributed by atoms with E-state index in [1.807, 2.05) is 42.5 Å². The number of halogens is 1. The van der Waals surface area contributed by atoms with E-state index in [1.54, 1.807) is 10.6 Å². The maximum Gasteiger partial charge on any atom is 0.266 e. The fourth-order valence-electron chi connectivity index (χ4n) is 2.01. The normalized spacial score (nSPS) is 10.8. The van der Waals surface area contributed by atoms with Crippen molar-refractivity contribution >= 4 is 45.7 Å². The fourth-order valence-corrected chi connectivity index (χ4v) is 2.93. The van der Waals surface area contributed by atoms with Gasteiger partial charge >= 0.3 is 0 Å². The molecule has 0 saturated carbocycles. The Hall–Kier alpha value is -1.47. The minimum Gasteiger partial charge on any atom is -0.331 e. The van der Waals surface area contributed by atoms with Crippen LogP contribution in [0.3, 0.4) is 0 Å². The number of aromatic amines is 1. The molecule has 0 radical (unpaired) electrons. The molecule has 19 heavy (non-hydrogen) atoms. The standard InChI is InChI=1S/C14H9IN2OS/c15-10-6-2-4-8-12(10)17-13(18)9-5-1-3-7-11(9)16-14(17)19/h1-8H,(H,16,19). The molecule has 5 heteroatoms. The van der Waals surface area contributed by atoms with E-state index in [4.69, 9.17) is 12.2 Å². The maximum absolute atomic E-state index is 12.6. The SMILES string of the molecule is O=c1c2ccccc2[nH]c(=S)n1-c1ccccc1I. The highest BCUT2D eigenvalue weighted by Gasteiger charge is 2.09. The molecule has 0 fully saturated rings. The Labute approximate surface area is 128 Å². The molecule has 0 bridgehead atoms. The lowest BCUT2D eigenvalue weighted by Crippen LogP contribution is -2.21. The zero-order chi connectivity index (χ0) is 13.4. The topological polar surface area (TPSA) is 37.8 Å². The van der Waals surface area contributed by atoms with Crippen LogP contribution in [0.4, 0.5) is 0 Å². The molecule has 94 valence electrons. The predicted octanol–water partition coefficient (Wildman–Crippen LogP) is 3.65. The largest absolute Gasteiger partial charge is 0.331 e. The van der Waals surface area contributed by atoms with Crippen molar-refractivity contribution in [2.24, 2.45) is 0 Å². The minimum absolute atomic E-state index is 0.0940. The molecular weight excluding hydrogens is 371 g/mol. The van der Waals surface area contributed by atoms with Crippen molar-refractivity contribution in [3.8, 4) is 5.69 Å². The van der Waals surface area contributed by atoms with Gasteiger partial charge in [-0.2, -0.15) is 0 Å². The van der Waals surface area contributed by atoms with Gasteiger partial charge in [0.2, 0.25) is 0 Å². The number of hydrogen-bond acceptors (Lipinski definition) is 2. The van der Waals surface area contributed by atoms with Gasteiger partial charge in [0.15, 0.2) is 4.77 Å². The van der Waals surface area contributed by atoms with Crippen molar-refractivity contribution in [1.82, 2.24) is 9.55 Å². The average Bonchev–Trinajstić information content (AvgIpc) is 2.41. The molecule has 2 aromatic carbocycles. The summed E-state index contributed by atoms with van der Waals surface area (Å²) in [5, 5.41) is 0.635. The number of aromatic nitrogens is 2. The van der Waals surface area contributed by atoms with E-state index in [2.05, 4.69) is 27.6 Å². The second-order valence-electron chi connectivity index (χ2n) is 4.07. The van der Waals surface area contributed by atoms with Gasteiger partial charge in [0.25, 0.3) is 5.56 Å². The smallest absolute Gasteiger partial charge is 0.266 e. The molecule has 3 aromatic rings. The van der Waals surface area contributed by atoms with Crippen LogP contribution in [0.15, 0.2) is 53.3 Å². The lowest BCUT2D eigenvalue weighted by Gasteiger charge is -2.09. The summed E-state index contributed by atoms with van der Waals surface area (Å²) in [6.07, 6.45) is 0. The van der Waals surface area contributed by atoms with Crippen LogP contribution in [0.2, 0.25) is 0 Å². The van der Waals surface area contributed by atoms with E-state index in [0.29, 0.717) is 10.2 Å². The Balaban J connectivity index is 2.47. The first kappa shape index (κ1) is 12.6. The molecule has 0 unspecified atom stereocenters. The zero-order valence-corrected chi connectivity index (χ0v) is 12.7. The fraction of sp³-hybridized carbons (Fsp3) is 0. The zero-order valence-electron chi connectivity index (χ0n) is 9.76. The Kier molecular flexibility index (Phi) is 3.24. The number of nitrogens with one attached hydrogen (secondary N) is 1. The third kappa shape index (κ3) is 2.12. The molecule has 1 aromatic heterocycles. The number of para-hydroxylation sites is 2. The first-order valence-corrected chi connectivity index (χ1v) is 7.16. The third-order valence-electron chi connectivity index (χ3n) is 2.90. The second-order valence-corrected chi connectivity index (χ2v) is 5.62. The van der Waals surface area contributed by atoms with Gasteiger partial charge in [-0.3, -0.25) is 9.36 Å². The molecule has 0 aliphatic heterocycles. The molecule has 0 aliphatic rings. The van der Waals surface area contributed by atoms with Gasteiger partial charge < -0.3 is 4.98 Å². The summed E-state index contributed by atoms with van der Waals surface area (Å²) in [4.78, 5) is 15.7. The molecule has 0 spiro atoms. The highest BCUT2D eigenvalue weighted by Crippen LogP contribution is 2.16. The van der Waals surface area contributed by atoms with Crippen molar-refractivity contribution in [3.05, 3.63) is 67.2 Å². The summed E-state index contributed by atoms with van der Waals surface area (Å²) < 4.78 is 2.93. The number of hydrogen-bond donors (Lipinski definition) is 1.